The Kier molecular flexibility index (Phi) is 9.90. The second-order valence-electron chi connectivity index (χ2n) is 5.62. The van der Waals surface area contributed by atoms with Crippen LogP contribution in [-0.2, 0) is 25.6 Å². The average molecular weight is 400 g/mol. The molecule has 0 aliphatic heterocycles. The number of amides is 3. The Morgan fingerprint density at radius 2 is 1.96 bits per heavy atom. The molecule has 150 valence electrons. The summed E-state index contributed by atoms with van der Waals surface area (Å²) >= 11 is 1.46. The molecule has 27 heavy (non-hydrogen) atoms. The number of hydrogen-bond donors (Lipinski definition) is 6. The maximum absolute atomic E-state index is 11.8. The second kappa shape index (κ2) is 11.9. The fourth-order valence-corrected chi connectivity index (χ4v) is 2.48. The molecule has 1 rings (SSSR count). The van der Waals surface area contributed by atoms with Crippen molar-refractivity contribution in [2.75, 3.05) is 25.1 Å². The van der Waals surface area contributed by atoms with Crippen molar-refractivity contribution in [2.45, 2.75) is 24.9 Å². The Labute approximate surface area is 160 Å². The van der Waals surface area contributed by atoms with Crippen molar-refractivity contribution in [2.24, 2.45) is 5.73 Å². The molecule has 1 aromatic heterocycles. The first kappa shape index (κ1) is 22.4. The molecule has 3 amide bonds. The van der Waals surface area contributed by atoms with E-state index in [-0.39, 0.29) is 19.4 Å². The van der Waals surface area contributed by atoms with Crippen LogP contribution < -0.4 is 21.7 Å². The van der Waals surface area contributed by atoms with E-state index in [0.717, 1.165) is 0 Å². The van der Waals surface area contributed by atoms with Crippen LogP contribution in [0.4, 0.5) is 0 Å². The number of nitrogens with two attached hydrogens (primary N) is 1. The van der Waals surface area contributed by atoms with Crippen LogP contribution in [0.3, 0.4) is 0 Å². The number of aromatic nitrogens is 2. The van der Waals surface area contributed by atoms with Crippen LogP contribution in [0, 0.1) is 0 Å². The minimum Gasteiger partial charge on any atom is -0.480 e. The van der Waals surface area contributed by atoms with E-state index in [4.69, 9.17) is 10.8 Å². The molecule has 0 unspecified atom stereocenters. The van der Waals surface area contributed by atoms with Gasteiger partial charge in [-0.3, -0.25) is 14.4 Å². The van der Waals surface area contributed by atoms with E-state index in [2.05, 4.69) is 25.9 Å². The monoisotopic (exact) mass is 400 g/mol. The zero-order valence-corrected chi connectivity index (χ0v) is 15.7. The van der Waals surface area contributed by atoms with Crippen molar-refractivity contribution in [1.82, 2.24) is 25.9 Å². The predicted molar refractivity (Wildman–Crippen MR) is 98.9 cm³/mol. The number of nitrogens with one attached hydrogen (secondary N) is 4. The summed E-state index contributed by atoms with van der Waals surface area (Å²) in [5.74, 6) is -2.30. The van der Waals surface area contributed by atoms with Gasteiger partial charge in [0.2, 0.25) is 17.7 Å². The number of thioether (sulfide) groups is 1. The molecule has 0 aromatic carbocycles. The van der Waals surface area contributed by atoms with Crippen LogP contribution in [-0.4, -0.2) is 75.9 Å². The zero-order chi connectivity index (χ0) is 20.2. The minimum absolute atomic E-state index is 0.239. The smallest absolute Gasteiger partial charge is 0.326 e. The highest BCUT2D eigenvalue weighted by Crippen LogP contribution is 2.00. The molecule has 0 spiro atoms. The highest BCUT2D eigenvalue weighted by molar-refractivity contribution is 7.98. The van der Waals surface area contributed by atoms with E-state index in [1.807, 2.05) is 6.26 Å². The minimum atomic E-state index is -1.14. The highest BCUT2D eigenvalue weighted by Gasteiger charge is 2.20. The van der Waals surface area contributed by atoms with E-state index in [9.17, 15) is 19.2 Å². The third-order valence-corrected chi connectivity index (χ3v) is 4.09. The molecule has 11 nitrogen and oxygen atoms in total. The molecule has 0 bridgehead atoms. The molecule has 1 aromatic rings. The number of rotatable bonds is 12. The lowest BCUT2D eigenvalue weighted by Gasteiger charge is -2.14. The van der Waals surface area contributed by atoms with Crippen LogP contribution in [0.5, 0.6) is 0 Å². The van der Waals surface area contributed by atoms with E-state index in [1.165, 1.54) is 18.1 Å². The molecule has 0 radical (unpaired) electrons. The Balaban J connectivity index is 2.28. The normalized spacial score (nSPS) is 12.7. The summed E-state index contributed by atoms with van der Waals surface area (Å²) in [7, 11) is 0. The van der Waals surface area contributed by atoms with Gasteiger partial charge in [0.15, 0.2) is 0 Å². The van der Waals surface area contributed by atoms with Crippen molar-refractivity contribution in [3.8, 4) is 0 Å². The van der Waals surface area contributed by atoms with Gasteiger partial charge in [0, 0.05) is 18.3 Å². The van der Waals surface area contributed by atoms with Crippen LogP contribution in [0.25, 0.3) is 0 Å². The van der Waals surface area contributed by atoms with Gasteiger partial charge in [-0.25, -0.2) is 9.78 Å². The van der Waals surface area contributed by atoms with Crippen LogP contribution in [0.15, 0.2) is 12.5 Å². The van der Waals surface area contributed by atoms with Gasteiger partial charge in [-0.15, -0.1) is 0 Å². The van der Waals surface area contributed by atoms with Gasteiger partial charge in [-0.1, -0.05) is 0 Å². The van der Waals surface area contributed by atoms with Gasteiger partial charge in [-0.2, -0.15) is 11.8 Å². The highest BCUT2D eigenvalue weighted by atomic mass is 32.2. The summed E-state index contributed by atoms with van der Waals surface area (Å²) in [5.41, 5.74) is 6.42. The molecule has 0 aliphatic rings. The third-order valence-electron chi connectivity index (χ3n) is 3.44. The molecular weight excluding hydrogens is 376 g/mol. The number of H-pyrrole nitrogens is 1. The third kappa shape index (κ3) is 9.06. The standard InChI is InChI=1S/C15H24N6O5S/c1-27-3-2-11(15(25)26)21-13(23)7-18-12(22)6-19-14(24)10(16)4-9-5-17-8-20-9/h5,8,10-11H,2-4,6-7,16H2,1H3,(H,17,20)(H,18,22)(H,19,24)(H,21,23)(H,25,26)/t10-,11-/m0/s1. The van der Waals surface area contributed by atoms with Gasteiger partial charge >= 0.3 is 5.97 Å². The summed E-state index contributed by atoms with van der Waals surface area (Å²) in [5, 5.41) is 16.0. The van der Waals surface area contributed by atoms with Crippen molar-refractivity contribution < 1.29 is 24.3 Å². The SMILES string of the molecule is CSCC[C@H](NC(=O)CNC(=O)CNC(=O)[C@@H](N)Cc1cnc[nH]1)C(=O)O. The number of imidazole rings is 1. The van der Waals surface area contributed by atoms with Crippen molar-refractivity contribution in [3.05, 3.63) is 18.2 Å². The molecular formula is C15H24N6O5S. The van der Waals surface area contributed by atoms with Gasteiger partial charge < -0.3 is 31.8 Å². The molecule has 0 aliphatic carbocycles. The summed E-state index contributed by atoms with van der Waals surface area (Å²) in [6.45, 7) is -0.741. The number of hydrogen-bond acceptors (Lipinski definition) is 7. The second-order valence-corrected chi connectivity index (χ2v) is 6.61. The number of carbonyl (C=O) groups is 4. The lowest BCUT2D eigenvalue weighted by atomic mass is 10.1. The topological polar surface area (TPSA) is 179 Å². The molecule has 2 atom stereocenters. The molecule has 0 fully saturated rings. The Morgan fingerprint density at radius 3 is 2.56 bits per heavy atom. The lowest BCUT2D eigenvalue weighted by Crippen LogP contribution is -2.49. The molecule has 12 heteroatoms. The summed E-state index contributed by atoms with van der Waals surface area (Å²) < 4.78 is 0. The first-order valence-corrected chi connectivity index (χ1v) is 9.51. The molecule has 7 N–H and O–H groups in total. The van der Waals surface area contributed by atoms with Gasteiger partial charge in [-0.05, 0) is 18.4 Å². The average Bonchev–Trinajstić information content (AvgIpc) is 3.13. The number of nitrogens with zero attached hydrogens (tertiary/aromatic N) is 1. The molecule has 1 heterocycles. The van der Waals surface area contributed by atoms with Gasteiger partial charge in [0.05, 0.1) is 25.5 Å². The summed E-state index contributed by atoms with van der Waals surface area (Å²) in [4.78, 5) is 53.0. The Hall–Kier alpha value is -2.60. The largest absolute Gasteiger partial charge is 0.480 e. The van der Waals surface area contributed by atoms with Crippen LogP contribution in [0.2, 0.25) is 0 Å². The van der Waals surface area contributed by atoms with Gasteiger partial charge in [0.1, 0.15) is 6.04 Å². The molecule has 0 saturated carbocycles. The van der Waals surface area contributed by atoms with E-state index in [0.29, 0.717) is 11.4 Å². The fourth-order valence-electron chi connectivity index (χ4n) is 2.00. The van der Waals surface area contributed by atoms with Crippen LogP contribution >= 0.6 is 11.8 Å². The maximum Gasteiger partial charge on any atom is 0.326 e. The van der Waals surface area contributed by atoms with E-state index < -0.39 is 42.3 Å². The Morgan fingerprint density at radius 1 is 1.26 bits per heavy atom. The number of aromatic amines is 1. The number of aliphatic carboxylic acids is 1. The fraction of sp³-hybridized carbons (Fsp3) is 0.533. The first-order chi connectivity index (χ1) is 12.8. The van der Waals surface area contributed by atoms with Crippen molar-refractivity contribution >= 4 is 35.5 Å². The van der Waals surface area contributed by atoms with E-state index >= 15 is 0 Å². The quantitative estimate of drug-likeness (QED) is 0.229. The number of carbonyl (C=O) groups excluding carboxylic acids is 3. The molecule has 0 saturated heterocycles. The Bertz CT molecular complexity index is 639. The maximum atomic E-state index is 11.8. The summed E-state index contributed by atoms with van der Waals surface area (Å²) in [6, 6.07) is -1.86. The van der Waals surface area contributed by atoms with Gasteiger partial charge in [0.25, 0.3) is 0 Å². The first-order valence-electron chi connectivity index (χ1n) is 8.11. The lowest BCUT2D eigenvalue weighted by molar-refractivity contribution is -0.141. The summed E-state index contributed by atoms with van der Waals surface area (Å²) in [6.07, 6.45) is 5.36. The van der Waals surface area contributed by atoms with Crippen molar-refractivity contribution in [1.29, 1.82) is 0 Å². The van der Waals surface area contributed by atoms with E-state index in [1.54, 1.807) is 6.20 Å². The zero-order valence-electron chi connectivity index (χ0n) is 14.9. The van der Waals surface area contributed by atoms with Crippen LogP contribution in [0.1, 0.15) is 12.1 Å². The van der Waals surface area contributed by atoms with Crippen molar-refractivity contribution in [3.63, 3.8) is 0 Å². The predicted octanol–water partition coefficient (Wildman–Crippen LogP) is -2.17. The number of carboxylic acids is 1. The number of carboxylic acid groups (broad SMARTS) is 1.